The molecule has 6 nitrogen and oxygen atoms in total. The average molecular weight is 269 g/mol. The topological polar surface area (TPSA) is 70.2 Å². The normalized spacial score (nSPS) is 10.7. The monoisotopic (exact) mass is 269 g/mol. The third-order valence-electron chi connectivity index (χ3n) is 3.01. The largest absolute Gasteiger partial charge is 0.439 e. The van der Waals surface area contributed by atoms with Crippen LogP contribution < -0.4 is 4.74 Å². The van der Waals surface area contributed by atoms with Gasteiger partial charge >= 0.3 is 0 Å². The van der Waals surface area contributed by atoms with Crippen molar-refractivity contribution >= 4 is 16.6 Å². The first-order valence-electron chi connectivity index (χ1n) is 5.97. The molecule has 3 aromatic rings. The summed E-state index contributed by atoms with van der Waals surface area (Å²) in [6, 6.07) is 10.6. The number of hydrogen-bond acceptors (Lipinski definition) is 4. The van der Waals surface area contributed by atoms with Gasteiger partial charge in [0.1, 0.15) is 11.9 Å². The number of aromatic nitrogens is 2. The van der Waals surface area contributed by atoms with Crippen LogP contribution in [-0.2, 0) is 7.05 Å². The molecule has 0 aliphatic heterocycles. The smallest absolute Gasteiger partial charge is 0.287 e. The number of ether oxygens (including phenoxy) is 1. The van der Waals surface area contributed by atoms with E-state index in [4.69, 9.17) is 4.74 Å². The quantitative estimate of drug-likeness (QED) is 0.540. The molecule has 0 aliphatic rings. The maximum Gasteiger partial charge on any atom is 0.287 e. The van der Waals surface area contributed by atoms with Gasteiger partial charge in [0.2, 0.25) is 5.88 Å². The first kappa shape index (κ1) is 12.2. The molecular weight excluding hydrogens is 258 g/mol. The maximum absolute atomic E-state index is 10.5. The summed E-state index contributed by atoms with van der Waals surface area (Å²) in [5, 5.41) is 11.7. The van der Waals surface area contributed by atoms with Gasteiger partial charge in [0.25, 0.3) is 5.69 Å². The van der Waals surface area contributed by atoms with Gasteiger partial charge in [0, 0.05) is 31.4 Å². The van der Waals surface area contributed by atoms with Gasteiger partial charge in [-0.3, -0.25) is 10.1 Å². The Labute approximate surface area is 114 Å². The van der Waals surface area contributed by atoms with Gasteiger partial charge < -0.3 is 9.30 Å². The van der Waals surface area contributed by atoms with E-state index in [-0.39, 0.29) is 5.69 Å². The lowest BCUT2D eigenvalue weighted by molar-refractivity contribution is -0.385. The van der Waals surface area contributed by atoms with E-state index >= 15 is 0 Å². The molecule has 1 aromatic carbocycles. The van der Waals surface area contributed by atoms with Crippen LogP contribution in [0.25, 0.3) is 10.9 Å². The fourth-order valence-electron chi connectivity index (χ4n) is 1.97. The Morgan fingerprint density at radius 3 is 2.80 bits per heavy atom. The van der Waals surface area contributed by atoms with Crippen LogP contribution in [0.2, 0.25) is 0 Å². The van der Waals surface area contributed by atoms with Crippen molar-refractivity contribution in [2.45, 2.75) is 0 Å². The molecule has 0 fully saturated rings. The molecule has 0 N–H and O–H groups in total. The van der Waals surface area contributed by atoms with Gasteiger partial charge in [-0.05, 0) is 23.6 Å². The molecular formula is C14H11N3O3. The van der Waals surface area contributed by atoms with Crippen LogP contribution in [0.5, 0.6) is 11.6 Å². The minimum Gasteiger partial charge on any atom is -0.439 e. The molecule has 2 aromatic heterocycles. The number of nitro groups is 1. The number of fused-ring (bicyclic) bond motifs is 1. The first-order valence-corrected chi connectivity index (χ1v) is 5.97. The summed E-state index contributed by atoms with van der Waals surface area (Å²) >= 11 is 0. The van der Waals surface area contributed by atoms with Gasteiger partial charge in [0.15, 0.2) is 0 Å². The molecule has 6 heteroatoms. The van der Waals surface area contributed by atoms with E-state index in [2.05, 4.69) is 4.98 Å². The second-order valence-electron chi connectivity index (χ2n) is 4.36. The lowest BCUT2D eigenvalue weighted by Gasteiger charge is -2.05. The zero-order chi connectivity index (χ0) is 14.1. The van der Waals surface area contributed by atoms with E-state index < -0.39 is 4.92 Å². The van der Waals surface area contributed by atoms with Gasteiger partial charge in [-0.25, -0.2) is 4.98 Å². The highest BCUT2D eigenvalue weighted by Gasteiger charge is 2.07. The summed E-state index contributed by atoms with van der Waals surface area (Å²) in [6.07, 6.45) is 3.15. The molecule has 0 amide bonds. The lowest BCUT2D eigenvalue weighted by atomic mass is 10.2. The van der Waals surface area contributed by atoms with E-state index in [1.807, 2.05) is 42.1 Å². The molecule has 3 rings (SSSR count). The number of nitrogens with zero attached hydrogens (tertiary/aromatic N) is 3. The summed E-state index contributed by atoms with van der Waals surface area (Å²) in [5.41, 5.74) is 0.986. The zero-order valence-electron chi connectivity index (χ0n) is 10.7. The number of aryl methyl sites for hydroxylation is 1. The highest BCUT2D eigenvalue weighted by atomic mass is 16.6. The fourth-order valence-corrected chi connectivity index (χ4v) is 1.97. The van der Waals surface area contributed by atoms with Crippen LogP contribution in [0.15, 0.2) is 48.8 Å². The van der Waals surface area contributed by atoms with Crippen LogP contribution in [0.3, 0.4) is 0 Å². The van der Waals surface area contributed by atoms with Crippen LogP contribution in [0.4, 0.5) is 5.69 Å². The average Bonchev–Trinajstić information content (AvgIpc) is 2.81. The van der Waals surface area contributed by atoms with Gasteiger partial charge in [-0.1, -0.05) is 0 Å². The number of rotatable bonds is 3. The van der Waals surface area contributed by atoms with Crippen molar-refractivity contribution in [3.8, 4) is 11.6 Å². The molecule has 0 saturated heterocycles. The second-order valence-corrected chi connectivity index (χ2v) is 4.36. The Kier molecular flexibility index (Phi) is 2.83. The molecule has 2 heterocycles. The van der Waals surface area contributed by atoms with Crippen molar-refractivity contribution in [1.29, 1.82) is 0 Å². The van der Waals surface area contributed by atoms with Crippen molar-refractivity contribution in [2.75, 3.05) is 0 Å². The first-order chi connectivity index (χ1) is 9.63. The van der Waals surface area contributed by atoms with Crippen LogP contribution in [0, 0.1) is 10.1 Å². The zero-order valence-corrected chi connectivity index (χ0v) is 10.7. The molecule has 0 unspecified atom stereocenters. The summed E-state index contributed by atoms with van der Waals surface area (Å²) < 4.78 is 7.59. The minimum atomic E-state index is -0.493. The molecule has 0 atom stereocenters. The third kappa shape index (κ3) is 2.18. The van der Waals surface area contributed by atoms with Crippen LogP contribution in [-0.4, -0.2) is 14.5 Å². The van der Waals surface area contributed by atoms with Crippen molar-refractivity contribution < 1.29 is 9.66 Å². The summed E-state index contributed by atoms with van der Waals surface area (Å²) in [6.45, 7) is 0. The summed E-state index contributed by atoms with van der Waals surface area (Å²) in [7, 11) is 1.95. The van der Waals surface area contributed by atoms with Crippen molar-refractivity contribution in [2.24, 2.45) is 7.05 Å². The Hall–Kier alpha value is -2.89. The number of hydrogen-bond donors (Lipinski definition) is 0. The maximum atomic E-state index is 10.5. The van der Waals surface area contributed by atoms with Crippen molar-refractivity contribution in [3.63, 3.8) is 0 Å². The van der Waals surface area contributed by atoms with E-state index in [0.29, 0.717) is 11.6 Å². The predicted octanol–water partition coefficient (Wildman–Crippen LogP) is 3.27. The van der Waals surface area contributed by atoms with E-state index in [0.717, 1.165) is 10.9 Å². The number of benzene rings is 1. The Balaban J connectivity index is 1.88. The molecule has 0 spiro atoms. The molecule has 0 radical (unpaired) electrons. The fraction of sp³-hybridized carbons (Fsp3) is 0.0714. The van der Waals surface area contributed by atoms with Gasteiger partial charge in [-0.15, -0.1) is 0 Å². The molecule has 20 heavy (non-hydrogen) atoms. The van der Waals surface area contributed by atoms with Crippen LogP contribution in [0.1, 0.15) is 0 Å². The molecule has 0 aliphatic carbocycles. The Morgan fingerprint density at radius 2 is 2.10 bits per heavy atom. The van der Waals surface area contributed by atoms with E-state index in [1.54, 1.807) is 0 Å². The minimum absolute atomic E-state index is 0.0600. The highest BCUT2D eigenvalue weighted by Crippen LogP contribution is 2.25. The van der Waals surface area contributed by atoms with E-state index in [1.165, 1.54) is 18.3 Å². The highest BCUT2D eigenvalue weighted by molar-refractivity contribution is 5.81. The van der Waals surface area contributed by atoms with Crippen LogP contribution >= 0.6 is 0 Å². The second kappa shape index (κ2) is 4.65. The standard InChI is InChI=1S/C14H11N3O3/c1-16-7-6-10-2-4-12(8-13(10)16)20-14-5-3-11(9-15-14)17(18)19/h2-9H,1H3. The van der Waals surface area contributed by atoms with Gasteiger partial charge in [0.05, 0.1) is 10.4 Å². The van der Waals surface area contributed by atoms with E-state index in [9.17, 15) is 10.1 Å². The van der Waals surface area contributed by atoms with Crippen molar-refractivity contribution in [3.05, 3.63) is 58.9 Å². The molecule has 0 saturated carbocycles. The third-order valence-corrected chi connectivity index (χ3v) is 3.01. The Morgan fingerprint density at radius 1 is 1.25 bits per heavy atom. The summed E-state index contributed by atoms with van der Waals surface area (Å²) in [4.78, 5) is 14.0. The molecule has 100 valence electrons. The van der Waals surface area contributed by atoms with Gasteiger partial charge in [-0.2, -0.15) is 0 Å². The predicted molar refractivity (Wildman–Crippen MR) is 73.9 cm³/mol. The number of pyridine rings is 1. The SMILES string of the molecule is Cn1ccc2ccc(Oc3ccc([N+](=O)[O-])cn3)cc21. The van der Waals surface area contributed by atoms with Crippen molar-refractivity contribution in [1.82, 2.24) is 9.55 Å². The lowest BCUT2D eigenvalue weighted by Crippen LogP contribution is -1.92. The summed E-state index contributed by atoms with van der Waals surface area (Å²) in [5.74, 6) is 0.963. The Bertz CT molecular complexity index is 778. The molecule has 0 bridgehead atoms.